The first-order valence-corrected chi connectivity index (χ1v) is 12.9. The van der Waals surface area contributed by atoms with Gasteiger partial charge in [0.25, 0.3) is 5.91 Å². The lowest BCUT2D eigenvalue weighted by Crippen LogP contribution is -2.49. The van der Waals surface area contributed by atoms with Gasteiger partial charge in [0.15, 0.2) is 0 Å². The van der Waals surface area contributed by atoms with Crippen LogP contribution in [0.4, 0.5) is 4.39 Å². The number of amides is 2. The van der Waals surface area contributed by atoms with Crippen molar-refractivity contribution in [2.24, 2.45) is 5.41 Å². The highest BCUT2D eigenvalue weighted by Crippen LogP contribution is 2.34. The standard InChI is InChI=1S/C24H30ClFN4O4S/c1-24(2)11-12-27-23(32)21(14-24)30(35(33,34)19-9-7-18(25)8-10-19)15-17-6-5-16(13-20(17)26)22(31)28-29(3)4/h5-10,13,21H,11-12,14-15H2,1-4H3,(H,27,32)(H,28,31). The van der Waals surface area contributed by atoms with Crippen molar-refractivity contribution in [2.75, 3.05) is 20.6 Å². The maximum Gasteiger partial charge on any atom is 0.265 e. The van der Waals surface area contributed by atoms with Crippen LogP contribution in [0, 0.1) is 11.2 Å². The molecule has 190 valence electrons. The van der Waals surface area contributed by atoms with Crippen LogP contribution in [0.1, 0.15) is 42.6 Å². The molecule has 1 fully saturated rings. The summed E-state index contributed by atoms with van der Waals surface area (Å²) < 4.78 is 43.6. The number of rotatable bonds is 7. The van der Waals surface area contributed by atoms with E-state index in [2.05, 4.69) is 10.7 Å². The summed E-state index contributed by atoms with van der Waals surface area (Å²) in [5, 5.41) is 4.58. The van der Waals surface area contributed by atoms with Gasteiger partial charge in [-0.1, -0.05) is 31.5 Å². The van der Waals surface area contributed by atoms with Crippen molar-refractivity contribution >= 4 is 33.4 Å². The van der Waals surface area contributed by atoms with Crippen molar-refractivity contribution in [3.05, 3.63) is 64.4 Å². The summed E-state index contributed by atoms with van der Waals surface area (Å²) in [5.74, 6) is -1.69. The second-order valence-electron chi connectivity index (χ2n) is 9.57. The van der Waals surface area contributed by atoms with Crippen LogP contribution in [0.15, 0.2) is 47.4 Å². The number of hydrogen-bond acceptors (Lipinski definition) is 5. The minimum atomic E-state index is -4.21. The normalized spacial score (nSPS) is 18.3. The summed E-state index contributed by atoms with van der Waals surface area (Å²) in [5.41, 5.74) is 2.32. The van der Waals surface area contributed by atoms with Crippen molar-refractivity contribution < 1.29 is 22.4 Å². The Hall–Kier alpha value is -2.53. The fourth-order valence-electron chi connectivity index (χ4n) is 3.95. The van der Waals surface area contributed by atoms with Gasteiger partial charge in [-0.05, 0) is 54.7 Å². The lowest BCUT2D eigenvalue weighted by molar-refractivity contribution is -0.125. The molecule has 2 N–H and O–H groups in total. The highest BCUT2D eigenvalue weighted by atomic mass is 35.5. The Kier molecular flexibility index (Phi) is 8.21. The number of sulfonamides is 1. The Bertz CT molecular complexity index is 1200. The molecule has 0 bridgehead atoms. The van der Waals surface area contributed by atoms with E-state index >= 15 is 4.39 Å². The Balaban J connectivity index is 2.04. The van der Waals surface area contributed by atoms with Gasteiger partial charge in [0.05, 0.1) is 4.90 Å². The highest BCUT2D eigenvalue weighted by Gasteiger charge is 2.41. The quantitative estimate of drug-likeness (QED) is 0.542. The topological polar surface area (TPSA) is 98.8 Å². The molecule has 2 aromatic rings. The number of halogens is 2. The summed E-state index contributed by atoms with van der Waals surface area (Å²) in [6, 6.07) is 8.39. The van der Waals surface area contributed by atoms with E-state index in [-0.39, 0.29) is 34.4 Å². The molecule has 1 heterocycles. The van der Waals surface area contributed by atoms with Crippen LogP contribution in [0.3, 0.4) is 0 Å². The Morgan fingerprint density at radius 1 is 1.20 bits per heavy atom. The molecule has 0 radical (unpaired) electrons. The van der Waals surface area contributed by atoms with Crippen LogP contribution in [0.2, 0.25) is 5.02 Å². The van der Waals surface area contributed by atoms with Crippen molar-refractivity contribution in [1.29, 1.82) is 0 Å². The molecular weight excluding hydrogens is 495 g/mol. The van der Waals surface area contributed by atoms with Gasteiger partial charge in [-0.2, -0.15) is 4.31 Å². The molecule has 1 aliphatic rings. The number of carbonyl (C=O) groups excluding carboxylic acids is 2. The number of carbonyl (C=O) groups is 2. The lowest BCUT2D eigenvalue weighted by Gasteiger charge is -2.33. The fraction of sp³-hybridized carbons (Fsp3) is 0.417. The van der Waals surface area contributed by atoms with Crippen LogP contribution >= 0.6 is 11.6 Å². The van der Waals surface area contributed by atoms with Crippen LogP contribution in [0.25, 0.3) is 0 Å². The summed E-state index contributed by atoms with van der Waals surface area (Å²) >= 11 is 5.94. The maximum atomic E-state index is 15.1. The smallest absolute Gasteiger partial charge is 0.265 e. The van der Waals surface area contributed by atoms with Crippen LogP contribution in [0.5, 0.6) is 0 Å². The molecule has 1 aliphatic heterocycles. The van der Waals surface area contributed by atoms with E-state index in [0.29, 0.717) is 18.0 Å². The molecule has 35 heavy (non-hydrogen) atoms. The van der Waals surface area contributed by atoms with E-state index in [0.717, 1.165) is 10.4 Å². The second kappa shape index (κ2) is 10.6. The molecular formula is C24H30ClFN4O4S. The van der Waals surface area contributed by atoms with Gasteiger partial charge >= 0.3 is 0 Å². The highest BCUT2D eigenvalue weighted by molar-refractivity contribution is 7.89. The Labute approximate surface area is 210 Å². The average Bonchev–Trinajstić information content (AvgIpc) is 2.89. The van der Waals surface area contributed by atoms with E-state index in [1.807, 2.05) is 13.8 Å². The van der Waals surface area contributed by atoms with Crippen molar-refractivity contribution in [3.63, 3.8) is 0 Å². The fourth-order valence-corrected chi connectivity index (χ4v) is 5.64. The summed E-state index contributed by atoms with van der Waals surface area (Å²) in [6.45, 7) is 3.96. The molecule has 3 rings (SSSR count). The molecule has 1 atom stereocenters. The number of hydrazine groups is 1. The van der Waals surface area contributed by atoms with Gasteiger partial charge in [0.2, 0.25) is 15.9 Å². The van der Waals surface area contributed by atoms with Gasteiger partial charge in [-0.15, -0.1) is 0 Å². The van der Waals surface area contributed by atoms with Crippen LogP contribution < -0.4 is 10.7 Å². The molecule has 11 heteroatoms. The first-order chi connectivity index (χ1) is 16.3. The first kappa shape index (κ1) is 27.1. The third-order valence-electron chi connectivity index (χ3n) is 5.88. The minimum Gasteiger partial charge on any atom is -0.355 e. The minimum absolute atomic E-state index is 0.0406. The zero-order valence-corrected chi connectivity index (χ0v) is 21.7. The molecule has 2 aromatic carbocycles. The third-order valence-corrected chi connectivity index (χ3v) is 8.00. The number of nitrogens with one attached hydrogen (secondary N) is 2. The van der Waals surface area contributed by atoms with Gasteiger partial charge in [0, 0.05) is 43.3 Å². The largest absolute Gasteiger partial charge is 0.355 e. The van der Waals surface area contributed by atoms with Crippen molar-refractivity contribution in [3.8, 4) is 0 Å². The Morgan fingerprint density at radius 2 is 1.86 bits per heavy atom. The lowest BCUT2D eigenvalue weighted by atomic mass is 9.83. The summed E-state index contributed by atoms with van der Waals surface area (Å²) in [7, 11) is -0.960. The van der Waals surface area contributed by atoms with E-state index in [9.17, 15) is 18.0 Å². The SMILES string of the molecule is CN(C)NC(=O)c1ccc(CN(C2CC(C)(C)CCNC2=O)S(=O)(=O)c2ccc(Cl)cc2)c(F)c1. The zero-order chi connectivity index (χ0) is 26.0. The van der Waals surface area contributed by atoms with E-state index in [1.165, 1.54) is 41.4 Å². The van der Waals surface area contributed by atoms with Gasteiger partial charge in [0.1, 0.15) is 11.9 Å². The maximum absolute atomic E-state index is 15.1. The van der Waals surface area contributed by atoms with E-state index in [1.54, 1.807) is 14.1 Å². The summed E-state index contributed by atoms with van der Waals surface area (Å²) in [6.07, 6.45) is 0.935. The Morgan fingerprint density at radius 3 is 2.46 bits per heavy atom. The molecule has 0 aromatic heterocycles. The predicted octanol–water partition coefficient (Wildman–Crippen LogP) is 3.18. The molecule has 0 spiro atoms. The molecule has 0 saturated carbocycles. The number of benzene rings is 2. The summed E-state index contributed by atoms with van der Waals surface area (Å²) in [4.78, 5) is 25.2. The second-order valence-corrected chi connectivity index (χ2v) is 11.9. The zero-order valence-electron chi connectivity index (χ0n) is 20.1. The molecule has 2 amide bonds. The number of nitrogens with zero attached hydrogens (tertiary/aromatic N) is 2. The van der Waals surface area contributed by atoms with Gasteiger partial charge < -0.3 is 5.32 Å². The van der Waals surface area contributed by atoms with Crippen molar-refractivity contribution in [1.82, 2.24) is 20.1 Å². The number of hydrogen-bond donors (Lipinski definition) is 2. The molecule has 0 aliphatic carbocycles. The van der Waals surface area contributed by atoms with E-state index < -0.39 is 33.7 Å². The van der Waals surface area contributed by atoms with Crippen LogP contribution in [-0.4, -0.2) is 56.2 Å². The molecule has 1 unspecified atom stereocenters. The first-order valence-electron chi connectivity index (χ1n) is 11.1. The third kappa shape index (κ3) is 6.58. The van der Waals surface area contributed by atoms with Crippen LogP contribution in [-0.2, 0) is 21.4 Å². The van der Waals surface area contributed by atoms with Gasteiger partial charge in [-0.3, -0.25) is 15.0 Å². The van der Waals surface area contributed by atoms with Crippen molar-refractivity contribution in [2.45, 2.75) is 44.2 Å². The molecule has 1 saturated heterocycles. The van der Waals surface area contributed by atoms with Gasteiger partial charge in [-0.25, -0.2) is 17.8 Å². The monoisotopic (exact) mass is 524 g/mol. The van der Waals surface area contributed by atoms with E-state index in [4.69, 9.17) is 11.6 Å². The predicted molar refractivity (Wildman–Crippen MR) is 132 cm³/mol. The average molecular weight is 525 g/mol. The molecule has 8 nitrogen and oxygen atoms in total.